The van der Waals surface area contributed by atoms with Gasteiger partial charge in [0.1, 0.15) is 0 Å². The molecule has 1 aliphatic heterocycles. The van der Waals surface area contributed by atoms with Crippen LogP contribution in [-0.2, 0) is 76.3 Å². The van der Waals surface area contributed by atoms with Crippen molar-refractivity contribution >= 4 is 47.8 Å². The van der Waals surface area contributed by atoms with Crippen LogP contribution in [0, 0.1) is 21.7 Å². The molecule has 0 unspecified atom stereocenters. The third-order valence-electron chi connectivity index (χ3n) is 7.12. The van der Waals surface area contributed by atoms with Crippen molar-refractivity contribution in [1.29, 1.82) is 0 Å². The molecule has 1 rings (SSSR count). The number of esters is 8. The second-order valence-electron chi connectivity index (χ2n) is 15.9. The lowest BCUT2D eigenvalue weighted by atomic mass is 9.96. The molecular weight excluding hydrogens is 688 g/mol. The number of carbonyl (C=O) groups is 8. The summed E-state index contributed by atoms with van der Waals surface area (Å²) in [6.07, 6.45) is -1.97. The molecule has 1 saturated heterocycles. The number of rotatable bonds is 0. The minimum Gasteiger partial charge on any atom is -0.465 e. The summed E-state index contributed by atoms with van der Waals surface area (Å²) in [5.41, 5.74) is -3.05. The monoisotopic (exact) mass is 744 g/mol. The molecule has 0 aromatic heterocycles. The maximum atomic E-state index is 12.2. The molecule has 0 radical (unpaired) electrons. The third-order valence-corrected chi connectivity index (χ3v) is 7.12. The molecule has 296 valence electrons. The van der Waals surface area contributed by atoms with E-state index in [1.807, 2.05) is 0 Å². The first-order valence-electron chi connectivity index (χ1n) is 17.2. The molecule has 0 spiro atoms. The zero-order valence-electron chi connectivity index (χ0n) is 31.8. The van der Waals surface area contributed by atoms with Gasteiger partial charge in [0.15, 0.2) is 0 Å². The van der Waals surface area contributed by atoms with E-state index in [9.17, 15) is 38.4 Å². The van der Waals surface area contributed by atoms with Crippen molar-refractivity contribution in [3.8, 4) is 0 Å². The van der Waals surface area contributed by atoms with Gasteiger partial charge in [-0.05, 0) is 0 Å². The van der Waals surface area contributed by atoms with Gasteiger partial charge in [-0.15, -0.1) is 0 Å². The lowest BCUT2D eigenvalue weighted by Gasteiger charge is -2.25. The first kappa shape index (κ1) is 45.8. The van der Waals surface area contributed by atoms with E-state index < -0.39 is 69.4 Å². The zero-order valence-corrected chi connectivity index (χ0v) is 31.8. The summed E-state index contributed by atoms with van der Waals surface area (Å²) in [6, 6.07) is 0. The Kier molecular flexibility index (Phi) is 18.8. The highest BCUT2D eigenvalue weighted by Crippen LogP contribution is 2.21. The first-order chi connectivity index (χ1) is 24.0. The number of carbonyl (C=O) groups excluding carboxylic acids is 8. The summed E-state index contributed by atoms with van der Waals surface area (Å²) in [7, 11) is 0. The molecule has 0 saturated carbocycles. The van der Waals surface area contributed by atoms with Gasteiger partial charge in [0.05, 0.1) is 104 Å². The summed E-state index contributed by atoms with van der Waals surface area (Å²) in [4.78, 5) is 97.9. The van der Waals surface area contributed by atoms with Crippen LogP contribution in [0.2, 0.25) is 0 Å². The Bertz CT molecular complexity index is 983. The van der Waals surface area contributed by atoms with E-state index in [4.69, 9.17) is 37.9 Å². The van der Waals surface area contributed by atoms with E-state index in [0.717, 1.165) is 0 Å². The largest absolute Gasteiger partial charge is 0.465 e. The molecule has 1 heterocycles. The van der Waals surface area contributed by atoms with Gasteiger partial charge in [-0.1, -0.05) is 55.4 Å². The molecule has 0 aromatic rings. The molecule has 0 aliphatic carbocycles. The molecule has 0 atom stereocenters. The lowest BCUT2D eigenvalue weighted by molar-refractivity contribution is -0.160. The van der Waals surface area contributed by atoms with Crippen molar-refractivity contribution in [3.63, 3.8) is 0 Å². The highest BCUT2D eigenvalue weighted by atomic mass is 16.6. The molecule has 0 amide bonds. The van der Waals surface area contributed by atoms with E-state index in [1.54, 1.807) is 55.4 Å². The molecule has 1 aliphatic rings. The Labute approximate surface area is 305 Å². The average molecular weight is 745 g/mol. The Morgan fingerprint density at radius 3 is 0.442 bits per heavy atom. The summed E-state index contributed by atoms with van der Waals surface area (Å²) in [5, 5.41) is 0. The van der Waals surface area contributed by atoms with Gasteiger partial charge in [0, 0.05) is 21.7 Å². The zero-order chi connectivity index (χ0) is 39.6. The van der Waals surface area contributed by atoms with Crippen LogP contribution in [0.5, 0.6) is 0 Å². The van der Waals surface area contributed by atoms with Crippen LogP contribution in [-0.4, -0.2) is 101 Å². The van der Waals surface area contributed by atoms with Crippen molar-refractivity contribution in [1.82, 2.24) is 0 Å². The van der Waals surface area contributed by atoms with Crippen LogP contribution in [0.15, 0.2) is 0 Å². The summed E-state index contributed by atoms with van der Waals surface area (Å²) < 4.78 is 41.9. The maximum Gasteiger partial charge on any atom is 0.306 e. The van der Waals surface area contributed by atoms with Crippen molar-refractivity contribution in [3.05, 3.63) is 0 Å². The fourth-order valence-corrected chi connectivity index (χ4v) is 3.77. The predicted octanol–water partition coefficient (Wildman–Crippen LogP) is 3.57. The number of hydrogen-bond donors (Lipinski definition) is 0. The van der Waals surface area contributed by atoms with E-state index in [-0.39, 0.29) is 104 Å². The molecule has 0 aromatic carbocycles. The van der Waals surface area contributed by atoms with Crippen LogP contribution in [0.4, 0.5) is 0 Å². The molecular formula is C36H56O16. The van der Waals surface area contributed by atoms with Crippen LogP contribution in [0.25, 0.3) is 0 Å². The second kappa shape index (κ2) is 21.3. The predicted molar refractivity (Wildman–Crippen MR) is 180 cm³/mol. The van der Waals surface area contributed by atoms with Crippen molar-refractivity contribution in [2.24, 2.45) is 21.7 Å². The molecule has 52 heavy (non-hydrogen) atoms. The van der Waals surface area contributed by atoms with Gasteiger partial charge in [0.25, 0.3) is 0 Å². The fraction of sp³-hybridized carbons (Fsp3) is 0.778. The van der Waals surface area contributed by atoms with Gasteiger partial charge in [-0.25, -0.2) is 0 Å². The lowest BCUT2D eigenvalue weighted by Crippen LogP contribution is -2.30. The fourth-order valence-electron chi connectivity index (χ4n) is 3.77. The number of ether oxygens (including phenoxy) is 8. The van der Waals surface area contributed by atoms with Gasteiger partial charge in [0.2, 0.25) is 0 Å². The Morgan fingerprint density at radius 1 is 0.250 bits per heavy atom. The number of cyclic esters (lactones) is 8. The molecule has 16 nitrogen and oxygen atoms in total. The molecule has 1 fully saturated rings. The Morgan fingerprint density at radius 2 is 0.346 bits per heavy atom. The third kappa shape index (κ3) is 22.6. The van der Waals surface area contributed by atoms with Crippen LogP contribution >= 0.6 is 0 Å². The van der Waals surface area contributed by atoms with Crippen LogP contribution < -0.4 is 0 Å². The van der Waals surface area contributed by atoms with Gasteiger partial charge in [-0.3, -0.25) is 38.4 Å². The Hall–Kier alpha value is -4.24. The van der Waals surface area contributed by atoms with Crippen molar-refractivity contribution in [2.45, 2.75) is 107 Å². The second-order valence-corrected chi connectivity index (χ2v) is 15.9. The summed E-state index contributed by atoms with van der Waals surface area (Å²) in [6.45, 7) is 12.8. The Balaban J connectivity index is 2.78. The minimum atomic E-state index is -0.762. The van der Waals surface area contributed by atoms with Gasteiger partial charge < -0.3 is 37.9 Å². The van der Waals surface area contributed by atoms with E-state index in [2.05, 4.69) is 0 Å². The topological polar surface area (TPSA) is 210 Å². The molecule has 16 heteroatoms. The van der Waals surface area contributed by atoms with Gasteiger partial charge >= 0.3 is 47.8 Å². The van der Waals surface area contributed by atoms with E-state index in [0.29, 0.717) is 0 Å². The first-order valence-corrected chi connectivity index (χ1v) is 17.2. The quantitative estimate of drug-likeness (QED) is 0.256. The molecule has 0 N–H and O–H groups in total. The van der Waals surface area contributed by atoms with Gasteiger partial charge in [-0.2, -0.15) is 0 Å². The normalized spacial score (nSPS) is 23.5. The smallest absolute Gasteiger partial charge is 0.306 e. The SMILES string of the molecule is CC1(C)COC(=O)CCC(=O)OCC(C)(C)COC(=O)CCC(=O)OCC(C)(C)COC(=O)CCC(=O)OCC(C)(C)COC(=O)CCC(=O)OC1. The number of hydrogen-bond acceptors (Lipinski definition) is 16. The average Bonchev–Trinajstić information content (AvgIpc) is 3.07. The summed E-state index contributed by atoms with van der Waals surface area (Å²) in [5.74, 6) is -5.23. The van der Waals surface area contributed by atoms with Crippen molar-refractivity contribution in [2.75, 3.05) is 52.9 Å². The van der Waals surface area contributed by atoms with Crippen molar-refractivity contribution < 1.29 is 76.3 Å². The summed E-state index contributed by atoms with van der Waals surface area (Å²) >= 11 is 0. The standard InChI is InChI=1S/C36H56O16/c1-33(2)17-45-25(37)9-11-27(39)47-19-34(3,4)21-49-29(41)13-15-31(43)51-23-36(7,8)24-52-32(44)16-14-30(42)50-22-35(5,6)20-48-28(40)12-10-26(38)46-18-33/h9-24H2,1-8H3. The maximum absolute atomic E-state index is 12.2. The highest BCUT2D eigenvalue weighted by molar-refractivity contribution is 5.79. The van der Waals surface area contributed by atoms with Crippen LogP contribution in [0.3, 0.4) is 0 Å². The minimum absolute atomic E-state index is 0.103. The van der Waals surface area contributed by atoms with E-state index in [1.165, 1.54) is 0 Å². The van der Waals surface area contributed by atoms with Crippen LogP contribution in [0.1, 0.15) is 107 Å². The highest BCUT2D eigenvalue weighted by Gasteiger charge is 2.28. The molecule has 0 bridgehead atoms. The van der Waals surface area contributed by atoms with E-state index >= 15 is 0 Å².